The molecule has 0 N–H and O–H groups in total. The summed E-state index contributed by atoms with van der Waals surface area (Å²) in [6, 6.07) is 6.09. The van der Waals surface area contributed by atoms with Gasteiger partial charge >= 0.3 is 0 Å². The topological polar surface area (TPSA) is 8.17 Å². The maximum atomic E-state index is 2.68. The number of rotatable bonds is 1. The van der Waals surface area contributed by atoms with Crippen LogP contribution < -0.4 is 0 Å². The van der Waals surface area contributed by atoms with E-state index >= 15 is 0 Å². The van der Waals surface area contributed by atoms with Crippen molar-refractivity contribution >= 4 is 0 Å². The van der Waals surface area contributed by atoms with Gasteiger partial charge in [0, 0.05) is 24.0 Å². The van der Waals surface area contributed by atoms with Crippen molar-refractivity contribution in [2.45, 2.75) is 45.2 Å². The van der Waals surface area contributed by atoms with Crippen molar-refractivity contribution in [1.29, 1.82) is 0 Å². The zero-order chi connectivity index (χ0) is 10.4. The summed E-state index contributed by atoms with van der Waals surface area (Å²) in [5.41, 5.74) is 2.87. The Balaban J connectivity index is 1.94. The lowest BCUT2D eigenvalue weighted by atomic mass is 10.1. The largest absolute Gasteiger partial charge is 0.345 e. The molecule has 1 aromatic rings. The highest BCUT2D eigenvalue weighted by Gasteiger charge is 2.38. The Labute approximate surface area is 91.9 Å². The van der Waals surface area contributed by atoms with E-state index in [0.717, 1.165) is 12.1 Å². The van der Waals surface area contributed by atoms with Crippen molar-refractivity contribution in [2.75, 3.05) is 13.1 Å². The zero-order valence-electron chi connectivity index (χ0n) is 9.74. The van der Waals surface area contributed by atoms with Crippen molar-refractivity contribution in [3.05, 3.63) is 23.5 Å². The molecule has 0 radical (unpaired) electrons. The second-order valence-electron chi connectivity index (χ2n) is 5.09. The van der Waals surface area contributed by atoms with Crippen LogP contribution in [-0.4, -0.2) is 28.6 Å². The normalized spacial score (nSPS) is 31.1. The first kappa shape index (κ1) is 9.46. The summed E-state index contributed by atoms with van der Waals surface area (Å²) in [6.45, 7) is 7.13. The van der Waals surface area contributed by atoms with Crippen LogP contribution in [0.1, 0.15) is 36.7 Å². The summed E-state index contributed by atoms with van der Waals surface area (Å²) in [6.07, 6.45) is 4.16. The lowest BCUT2D eigenvalue weighted by Gasteiger charge is -2.24. The molecular formula is C13H20N2. The standard InChI is InChI=1S/C13H20N2/c1-10-5-6-11(2)15(10)13-7-9-14-8-3-4-12(13)14/h5-6,12-13H,3-4,7-9H2,1-2H3. The molecular weight excluding hydrogens is 184 g/mol. The Hall–Kier alpha value is -0.760. The minimum absolute atomic E-state index is 0.752. The van der Waals surface area contributed by atoms with Gasteiger partial charge in [-0.05, 0) is 51.8 Å². The fourth-order valence-electron chi connectivity index (χ4n) is 3.56. The molecule has 0 spiro atoms. The molecule has 2 nitrogen and oxygen atoms in total. The predicted octanol–water partition coefficient (Wildman–Crippen LogP) is 2.51. The van der Waals surface area contributed by atoms with Gasteiger partial charge < -0.3 is 4.57 Å². The number of aryl methyl sites for hydroxylation is 2. The summed E-state index contributed by atoms with van der Waals surface area (Å²) < 4.78 is 2.57. The Kier molecular flexibility index (Phi) is 2.13. The molecule has 2 atom stereocenters. The molecule has 2 unspecified atom stereocenters. The SMILES string of the molecule is Cc1ccc(C)n1C1CCN2CCCC12. The first-order valence-electron chi connectivity index (χ1n) is 6.16. The fraction of sp³-hybridized carbons (Fsp3) is 0.692. The highest BCUT2D eigenvalue weighted by molar-refractivity contribution is 5.17. The van der Waals surface area contributed by atoms with E-state index in [9.17, 15) is 0 Å². The highest BCUT2D eigenvalue weighted by atomic mass is 15.3. The van der Waals surface area contributed by atoms with Crippen LogP contribution in [0.5, 0.6) is 0 Å². The Morgan fingerprint density at radius 3 is 2.47 bits per heavy atom. The van der Waals surface area contributed by atoms with Gasteiger partial charge in [0.25, 0.3) is 0 Å². The number of hydrogen-bond acceptors (Lipinski definition) is 1. The minimum atomic E-state index is 0.752. The second kappa shape index (κ2) is 3.38. The van der Waals surface area contributed by atoms with Crippen LogP contribution in [0.25, 0.3) is 0 Å². The summed E-state index contributed by atoms with van der Waals surface area (Å²) in [4.78, 5) is 2.68. The quantitative estimate of drug-likeness (QED) is 0.682. The van der Waals surface area contributed by atoms with Crippen LogP contribution in [0, 0.1) is 13.8 Å². The summed E-state index contributed by atoms with van der Waals surface area (Å²) in [5, 5.41) is 0. The summed E-state index contributed by atoms with van der Waals surface area (Å²) >= 11 is 0. The molecule has 3 rings (SSSR count). The molecule has 1 aromatic heterocycles. The van der Waals surface area contributed by atoms with Crippen molar-refractivity contribution in [1.82, 2.24) is 9.47 Å². The van der Waals surface area contributed by atoms with Crippen LogP contribution in [0.3, 0.4) is 0 Å². The predicted molar refractivity (Wildman–Crippen MR) is 62.2 cm³/mol. The molecule has 0 aliphatic carbocycles. The number of hydrogen-bond donors (Lipinski definition) is 0. The van der Waals surface area contributed by atoms with Gasteiger partial charge in [-0.2, -0.15) is 0 Å². The van der Waals surface area contributed by atoms with E-state index in [1.54, 1.807) is 0 Å². The van der Waals surface area contributed by atoms with E-state index in [4.69, 9.17) is 0 Å². The number of aromatic nitrogens is 1. The monoisotopic (exact) mass is 204 g/mol. The summed E-state index contributed by atoms with van der Waals surface area (Å²) in [5.74, 6) is 0. The van der Waals surface area contributed by atoms with Crippen LogP contribution >= 0.6 is 0 Å². The average molecular weight is 204 g/mol. The maximum absolute atomic E-state index is 2.68. The molecule has 2 saturated heterocycles. The zero-order valence-corrected chi connectivity index (χ0v) is 9.74. The van der Waals surface area contributed by atoms with Gasteiger partial charge in [-0.25, -0.2) is 0 Å². The number of fused-ring (bicyclic) bond motifs is 1. The first-order valence-corrected chi connectivity index (χ1v) is 6.16. The van der Waals surface area contributed by atoms with Gasteiger partial charge in [0.15, 0.2) is 0 Å². The fourth-order valence-corrected chi connectivity index (χ4v) is 3.56. The minimum Gasteiger partial charge on any atom is -0.345 e. The lowest BCUT2D eigenvalue weighted by molar-refractivity contribution is 0.288. The molecule has 0 bridgehead atoms. The maximum Gasteiger partial charge on any atom is 0.0503 e. The van der Waals surface area contributed by atoms with Crippen molar-refractivity contribution in [3.8, 4) is 0 Å². The molecule has 82 valence electrons. The van der Waals surface area contributed by atoms with Gasteiger partial charge in [0.1, 0.15) is 0 Å². The van der Waals surface area contributed by atoms with E-state index in [0.29, 0.717) is 0 Å². The molecule has 2 aliphatic rings. The van der Waals surface area contributed by atoms with Crippen molar-refractivity contribution in [2.24, 2.45) is 0 Å². The van der Waals surface area contributed by atoms with Gasteiger partial charge in [0.05, 0.1) is 6.04 Å². The molecule has 0 aromatic carbocycles. The van der Waals surface area contributed by atoms with Crippen LogP contribution in [0.4, 0.5) is 0 Å². The molecule has 2 aliphatic heterocycles. The van der Waals surface area contributed by atoms with Gasteiger partial charge in [-0.1, -0.05) is 0 Å². The Bertz CT molecular complexity index is 347. The lowest BCUT2D eigenvalue weighted by Crippen LogP contribution is -2.28. The smallest absolute Gasteiger partial charge is 0.0503 e. The van der Waals surface area contributed by atoms with E-state index in [1.807, 2.05) is 0 Å². The first-order chi connectivity index (χ1) is 7.27. The molecule has 0 saturated carbocycles. The molecule has 15 heavy (non-hydrogen) atoms. The van der Waals surface area contributed by atoms with E-state index < -0.39 is 0 Å². The van der Waals surface area contributed by atoms with Crippen molar-refractivity contribution in [3.63, 3.8) is 0 Å². The van der Waals surface area contributed by atoms with Crippen molar-refractivity contribution < 1.29 is 0 Å². The Morgan fingerprint density at radius 2 is 1.73 bits per heavy atom. The van der Waals surface area contributed by atoms with Crippen LogP contribution in [0.15, 0.2) is 12.1 Å². The number of nitrogens with zero attached hydrogens (tertiary/aromatic N) is 2. The third-order valence-corrected chi connectivity index (χ3v) is 4.23. The van der Waals surface area contributed by atoms with Crippen LogP contribution in [-0.2, 0) is 0 Å². The second-order valence-corrected chi connectivity index (χ2v) is 5.09. The van der Waals surface area contributed by atoms with Gasteiger partial charge in [-0.15, -0.1) is 0 Å². The molecule has 2 fully saturated rings. The molecule has 0 amide bonds. The van der Waals surface area contributed by atoms with E-state index in [2.05, 4.69) is 35.4 Å². The molecule has 3 heterocycles. The highest BCUT2D eigenvalue weighted by Crippen LogP contribution is 2.37. The third-order valence-electron chi connectivity index (χ3n) is 4.23. The Morgan fingerprint density at radius 1 is 1.00 bits per heavy atom. The molecule has 2 heteroatoms. The van der Waals surface area contributed by atoms with Gasteiger partial charge in [0.2, 0.25) is 0 Å². The van der Waals surface area contributed by atoms with E-state index in [-0.39, 0.29) is 0 Å². The average Bonchev–Trinajstić information content (AvgIpc) is 2.84. The van der Waals surface area contributed by atoms with Gasteiger partial charge in [-0.3, -0.25) is 4.90 Å². The van der Waals surface area contributed by atoms with Crippen LogP contribution in [0.2, 0.25) is 0 Å². The van der Waals surface area contributed by atoms with E-state index in [1.165, 1.54) is 43.7 Å². The summed E-state index contributed by atoms with van der Waals surface area (Å²) in [7, 11) is 0. The third kappa shape index (κ3) is 1.35.